The third-order valence-corrected chi connectivity index (χ3v) is 6.17. The molecule has 1 N–H and O–H groups in total. The van der Waals surface area contributed by atoms with Gasteiger partial charge in [-0.3, -0.25) is 9.88 Å². The molecule has 8 heteroatoms. The van der Waals surface area contributed by atoms with Crippen LogP contribution >= 0.6 is 0 Å². The van der Waals surface area contributed by atoms with E-state index in [0.29, 0.717) is 5.69 Å². The second-order valence-corrected chi connectivity index (χ2v) is 9.15. The highest BCUT2D eigenvalue weighted by atomic mass is 32.2. The molecular formula is C21H23N5O2S. The van der Waals surface area contributed by atoms with Crippen LogP contribution < -0.4 is 5.32 Å². The average Bonchev–Trinajstić information content (AvgIpc) is 2.72. The number of hydrogen-bond acceptors (Lipinski definition) is 7. The topological polar surface area (TPSA) is 88.1 Å². The van der Waals surface area contributed by atoms with Crippen LogP contribution in [0.2, 0.25) is 0 Å². The average molecular weight is 410 g/mol. The van der Waals surface area contributed by atoms with E-state index >= 15 is 0 Å². The quantitative estimate of drug-likeness (QED) is 0.669. The smallest absolute Gasteiger partial charge is 0.177 e. The molecule has 1 aliphatic rings. The molecule has 4 rings (SSSR count). The molecule has 0 atom stereocenters. The molecule has 3 heterocycles. The van der Waals surface area contributed by atoms with Crippen molar-refractivity contribution < 1.29 is 8.42 Å². The minimum absolute atomic E-state index is 0.237. The van der Waals surface area contributed by atoms with E-state index in [4.69, 9.17) is 0 Å². The Balaban J connectivity index is 1.53. The largest absolute Gasteiger partial charge is 0.364 e. The molecule has 3 aromatic rings. The van der Waals surface area contributed by atoms with Crippen LogP contribution in [0.25, 0.3) is 0 Å². The Hall–Kier alpha value is -2.84. The fourth-order valence-electron chi connectivity index (χ4n) is 3.59. The number of fused-ring (bicyclic) bond motifs is 1. The molecule has 0 amide bonds. The van der Waals surface area contributed by atoms with E-state index in [1.165, 1.54) is 11.8 Å². The summed E-state index contributed by atoms with van der Waals surface area (Å²) in [4.78, 5) is 15.7. The van der Waals surface area contributed by atoms with E-state index in [-0.39, 0.29) is 11.4 Å². The standard InChI is InChI=1S/C21H23N5O2S/c1-29(27,28)20-8-5-10-22-19(20)12-23-21-17-14-26(11-9-18(17)24-15-25-21)13-16-6-3-2-4-7-16/h2-8,10,15H,9,11-14H2,1H3,(H,23,24,25). The first-order chi connectivity index (χ1) is 14.0. The SMILES string of the molecule is CS(=O)(=O)c1cccnc1CNc1ncnc2c1CN(Cc1ccccc1)CC2. The minimum Gasteiger partial charge on any atom is -0.364 e. The number of hydrogen-bond donors (Lipinski definition) is 1. The van der Waals surface area contributed by atoms with Crippen molar-refractivity contribution in [1.29, 1.82) is 0 Å². The summed E-state index contributed by atoms with van der Waals surface area (Å²) in [6, 6.07) is 13.6. The second kappa shape index (κ2) is 8.26. The van der Waals surface area contributed by atoms with Crippen molar-refractivity contribution in [3.8, 4) is 0 Å². The first-order valence-electron chi connectivity index (χ1n) is 9.47. The molecular weight excluding hydrogens is 386 g/mol. The Labute approximate surface area is 170 Å². The Morgan fingerprint density at radius 1 is 1.07 bits per heavy atom. The number of sulfone groups is 1. The van der Waals surface area contributed by atoms with Gasteiger partial charge < -0.3 is 5.32 Å². The lowest BCUT2D eigenvalue weighted by Gasteiger charge is -2.29. The molecule has 1 aromatic carbocycles. The number of anilines is 1. The molecule has 150 valence electrons. The van der Waals surface area contributed by atoms with Crippen molar-refractivity contribution in [3.63, 3.8) is 0 Å². The van der Waals surface area contributed by atoms with Gasteiger partial charge >= 0.3 is 0 Å². The lowest BCUT2D eigenvalue weighted by atomic mass is 10.1. The molecule has 2 aromatic heterocycles. The van der Waals surface area contributed by atoms with E-state index in [0.717, 1.165) is 43.1 Å². The van der Waals surface area contributed by atoms with Crippen LogP contribution in [0.1, 0.15) is 22.5 Å². The number of nitrogens with one attached hydrogen (secondary N) is 1. The zero-order valence-electron chi connectivity index (χ0n) is 16.2. The summed E-state index contributed by atoms with van der Waals surface area (Å²) in [6.07, 6.45) is 5.21. The molecule has 7 nitrogen and oxygen atoms in total. The zero-order chi connectivity index (χ0) is 20.3. The molecule has 1 aliphatic heterocycles. The molecule has 0 radical (unpaired) electrons. The van der Waals surface area contributed by atoms with E-state index in [1.807, 2.05) is 6.07 Å². The predicted octanol–water partition coefficient (Wildman–Crippen LogP) is 2.45. The molecule has 0 spiro atoms. The van der Waals surface area contributed by atoms with Gasteiger partial charge in [0.15, 0.2) is 9.84 Å². The van der Waals surface area contributed by atoms with Gasteiger partial charge in [-0.1, -0.05) is 30.3 Å². The Kier molecular flexibility index (Phi) is 5.55. The van der Waals surface area contributed by atoms with Crippen molar-refractivity contribution >= 4 is 15.7 Å². The molecule has 29 heavy (non-hydrogen) atoms. The molecule has 0 saturated carbocycles. The van der Waals surface area contributed by atoms with Crippen molar-refractivity contribution in [2.45, 2.75) is 31.0 Å². The van der Waals surface area contributed by atoms with E-state index in [1.54, 1.807) is 24.7 Å². The molecule has 0 fully saturated rings. The van der Waals surface area contributed by atoms with E-state index in [2.05, 4.69) is 49.4 Å². The third kappa shape index (κ3) is 4.60. The van der Waals surface area contributed by atoms with Gasteiger partial charge in [-0.2, -0.15) is 0 Å². The van der Waals surface area contributed by atoms with Crippen LogP contribution in [0.4, 0.5) is 5.82 Å². The highest BCUT2D eigenvalue weighted by Crippen LogP contribution is 2.25. The van der Waals surface area contributed by atoms with Crippen LogP contribution in [-0.4, -0.2) is 41.1 Å². The Morgan fingerprint density at radius 3 is 2.69 bits per heavy atom. The number of nitrogens with zero attached hydrogens (tertiary/aromatic N) is 4. The molecule has 0 aliphatic carbocycles. The van der Waals surface area contributed by atoms with E-state index in [9.17, 15) is 8.42 Å². The number of rotatable bonds is 6. The van der Waals surface area contributed by atoms with Crippen LogP contribution in [-0.2, 0) is 35.9 Å². The molecule has 0 unspecified atom stereocenters. The summed E-state index contributed by atoms with van der Waals surface area (Å²) in [5.74, 6) is 0.734. The summed E-state index contributed by atoms with van der Waals surface area (Å²) in [7, 11) is -3.34. The van der Waals surface area contributed by atoms with Gasteiger partial charge in [-0.05, 0) is 17.7 Å². The number of pyridine rings is 1. The maximum Gasteiger partial charge on any atom is 0.177 e. The Morgan fingerprint density at radius 2 is 1.90 bits per heavy atom. The normalized spacial score (nSPS) is 14.4. The number of benzene rings is 1. The number of aromatic nitrogens is 3. The maximum absolute atomic E-state index is 12.0. The van der Waals surface area contributed by atoms with Crippen molar-refractivity contribution in [2.75, 3.05) is 18.1 Å². The third-order valence-electron chi connectivity index (χ3n) is 5.00. The summed E-state index contributed by atoms with van der Waals surface area (Å²) in [5, 5.41) is 3.28. The van der Waals surface area contributed by atoms with Crippen molar-refractivity contribution in [1.82, 2.24) is 19.9 Å². The van der Waals surface area contributed by atoms with Gasteiger partial charge in [0.2, 0.25) is 0 Å². The van der Waals surface area contributed by atoms with Gasteiger partial charge in [0.25, 0.3) is 0 Å². The lowest BCUT2D eigenvalue weighted by molar-refractivity contribution is 0.243. The maximum atomic E-state index is 12.0. The van der Waals surface area contributed by atoms with Crippen LogP contribution in [0.5, 0.6) is 0 Å². The fourth-order valence-corrected chi connectivity index (χ4v) is 4.47. The van der Waals surface area contributed by atoms with Gasteiger partial charge in [0.1, 0.15) is 12.1 Å². The molecule has 0 bridgehead atoms. The Bertz CT molecular complexity index is 1100. The minimum atomic E-state index is -3.34. The summed E-state index contributed by atoms with van der Waals surface area (Å²) in [5.41, 5.74) is 3.86. The van der Waals surface area contributed by atoms with E-state index < -0.39 is 9.84 Å². The van der Waals surface area contributed by atoms with Gasteiger partial charge in [-0.15, -0.1) is 0 Å². The summed E-state index contributed by atoms with van der Waals surface area (Å²) >= 11 is 0. The fraction of sp³-hybridized carbons (Fsp3) is 0.286. The predicted molar refractivity (Wildman–Crippen MR) is 111 cm³/mol. The van der Waals surface area contributed by atoms with Gasteiger partial charge in [0.05, 0.1) is 22.8 Å². The lowest BCUT2D eigenvalue weighted by Crippen LogP contribution is -2.31. The monoisotopic (exact) mass is 409 g/mol. The highest BCUT2D eigenvalue weighted by molar-refractivity contribution is 7.90. The van der Waals surface area contributed by atoms with Crippen LogP contribution in [0.15, 0.2) is 59.9 Å². The van der Waals surface area contributed by atoms with Gasteiger partial charge in [0, 0.05) is 44.1 Å². The molecule has 0 saturated heterocycles. The first-order valence-corrected chi connectivity index (χ1v) is 11.4. The van der Waals surface area contributed by atoms with Crippen molar-refractivity contribution in [3.05, 3.63) is 77.5 Å². The first kappa shape index (κ1) is 19.5. The highest BCUT2D eigenvalue weighted by Gasteiger charge is 2.22. The second-order valence-electron chi connectivity index (χ2n) is 7.17. The van der Waals surface area contributed by atoms with Crippen LogP contribution in [0, 0.1) is 0 Å². The zero-order valence-corrected chi connectivity index (χ0v) is 17.1. The van der Waals surface area contributed by atoms with Crippen LogP contribution in [0.3, 0.4) is 0 Å². The van der Waals surface area contributed by atoms with Gasteiger partial charge in [-0.25, -0.2) is 18.4 Å². The summed E-state index contributed by atoms with van der Waals surface area (Å²) in [6.45, 7) is 2.84. The van der Waals surface area contributed by atoms with Crippen molar-refractivity contribution in [2.24, 2.45) is 0 Å². The summed E-state index contributed by atoms with van der Waals surface area (Å²) < 4.78 is 24.0.